The molecule has 0 atom stereocenters. The van der Waals surface area contributed by atoms with Crippen LogP contribution < -0.4 is 10.3 Å². The molecule has 0 amide bonds. The number of ether oxygens (including phenoxy) is 1. The highest BCUT2D eigenvalue weighted by Crippen LogP contribution is 2.32. The Balaban J connectivity index is 0.00000141. The average Bonchev–Trinajstić information content (AvgIpc) is 3.31. The minimum absolute atomic E-state index is 0.308. The third-order valence-electron chi connectivity index (χ3n) is 5.81. The number of hydrogen-bond acceptors (Lipinski definition) is 4. The van der Waals surface area contributed by atoms with E-state index in [9.17, 15) is 9.18 Å². The van der Waals surface area contributed by atoms with Crippen molar-refractivity contribution < 1.29 is 9.13 Å². The maximum atomic E-state index is 13.4. The Kier molecular flexibility index (Phi) is 7.25. The van der Waals surface area contributed by atoms with Gasteiger partial charge < -0.3 is 13.9 Å². The molecule has 5 rings (SSSR count). The van der Waals surface area contributed by atoms with E-state index in [4.69, 9.17) is 4.74 Å². The van der Waals surface area contributed by atoms with E-state index in [1.54, 1.807) is 25.6 Å². The molecule has 0 unspecified atom stereocenters. The van der Waals surface area contributed by atoms with Gasteiger partial charge in [-0.15, -0.1) is 0 Å². The van der Waals surface area contributed by atoms with Crippen molar-refractivity contribution in [2.24, 2.45) is 0 Å². The van der Waals surface area contributed by atoms with Crippen LogP contribution in [0.25, 0.3) is 28.6 Å². The second kappa shape index (κ2) is 10.5. The van der Waals surface area contributed by atoms with Crippen molar-refractivity contribution in [2.75, 3.05) is 7.11 Å². The minimum Gasteiger partial charge on any atom is -0.495 e. The van der Waals surface area contributed by atoms with Gasteiger partial charge in [-0.2, -0.15) is 4.98 Å². The van der Waals surface area contributed by atoms with Crippen molar-refractivity contribution in [3.05, 3.63) is 94.3 Å². The van der Waals surface area contributed by atoms with Gasteiger partial charge in [0.15, 0.2) is 0 Å². The van der Waals surface area contributed by atoms with Gasteiger partial charge in [0.25, 0.3) is 5.56 Å². The van der Waals surface area contributed by atoms with E-state index < -0.39 is 0 Å². The van der Waals surface area contributed by atoms with Crippen LogP contribution in [-0.2, 0) is 6.54 Å². The molecule has 3 heterocycles. The molecule has 6 nitrogen and oxygen atoms in total. The zero-order valence-corrected chi connectivity index (χ0v) is 20.5. The maximum absolute atomic E-state index is 13.4. The van der Waals surface area contributed by atoms with Crippen LogP contribution in [-0.4, -0.2) is 26.2 Å². The number of benzene rings is 2. The summed E-state index contributed by atoms with van der Waals surface area (Å²) >= 11 is 0. The van der Waals surface area contributed by atoms with Crippen LogP contribution in [0.15, 0.2) is 65.8 Å². The fourth-order valence-corrected chi connectivity index (χ4v) is 4.26. The van der Waals surface area contributed by atoms with E-state index >= 15 is 0 Å². The van der Waals surface area contributed by atoms with Crippen LogP contribution in [0.3, 0.4) is 0 Å². The topological polar surface area (TPSA) is 61.9 Å². The first-order chi connectivity index (χ1) is 17.0. The zero-order valence-electron chi connectivity index (χ0n) is 20.5. The van der Waals surface area contributed by atoms with Gasteiger partial charge in [-0.05, 0) is 78.9 Å². The molecular formula is C28H29FN4O2. The fourth-order valence-electron chi connectivity index (χ4n) is 4.26. The van der Waals surface area contributed by atoms with Gasteiger partial charge in [-0.25, -0.2) is 9.37 Å². The van der Waals surface area contributed by atoms with Crippen LogP contribution in [0.4, 0.5) is 4.39 Å². The average molecular weight is 473 g/mol. The van der Waals surface area contributed by atoms with Gasteiger partial charge >= 0.3 is 0 Å². The van der Waals surface area contributed by atoms with Crippen molar-refractivity contribution in [1.82, 2.24) is 19.1 Å². The standard InChI is InChI=1S/C26H23FN4O2.C2H6/c1-17-15-30(16-28-17)22-10-5-18(13-24(22)33-2)12-20-4-3-11-31-23(14-25(32)29-26(20)31)19-6-8-21(27)9-7-19;1-2/h5-10,12-16H,3-4,11H2,1-2H3;1-2H3/b20-12+;. The number of methoxy groups -OCH3 is 1. The maximum Gasteiger partial charge on any atom is 0.273 e. The Hall–Kier alpha value is -4.00. The van der Waals surface area contributed by atoms with Gasteiger partial charge in [0.05, 0.1) is 30.5 Å². The summed E-state index contributed by atoms with van der Waals surface area (Å²) in [6, 6.07) is 13.7. The first kappa shape index (κ1) is 24.1. The Labute approximate surface area is 204 Å². The van der Waals surface area contributed by atoms with Crippen molar-refractivity contribution in [2.45, 2.75) is 40.2 Å². The Morgan fingerprint density at radius 2 is 1.86 bits per heavy atom. The van der Waals surface area contributed by atoms with E-state index in [-0.39, 0.29) is 11.4 Å². The fraction of sp³-hybridized carbons (Fsp3) is 0.250. The number of hydrogen-bond donors (Lipinski definition) is 0. The van der Waals surface area contributed by atoms with Crippen molar-refractivity contribution >= 4 is 11.6 Å². The number of fused-ring (bicyclic) bond motifs is 1. The molecule has 180 valence electrons. The molecule has 0 saturated heterocycles. The first-order valence-electron chi connectivity index (χ1n) is 11.8. The predicted molar refractivity (Wildman–Crippen MR) is 137 cm³/mol. The van der Waals surface area contributed by atoms with Gasteiger partial charge in [0.1, 0.15) is 17.4 Å². The van der Waals surface area contributed by atoms with Gasteiger partial charge in [0.2, 0.25) is 0 Å². The van der Waals surface area contributed by atoms with E-state index in [1.807, 2.05) is 54.3 Å². The number of rotatable bonds is 4. The molecule has 7 heteroatoms. The summed E-state index contributed by atoms with van der Waals surface area (Å²) in [5.74, 6) is 1.07. The highest BCUT2D eigenvalue weighted by molar-refractivity contribution is 5.81. The summed E-state index contributed by atoms with van der Waals surface area (Å²) in [5, 5.41) is 0. The summed E-state index contributed by atoms with van der Waals surface area (Å²) < 4.78 is 23.0. The van der Waals surface area contributed by atoms with Crippen LogP contribution in [0.2, 0.25) is 0 Å². The summed E-state index contributed by atoms with van der Waals surface area (Å²) in [7, 11) is 1.64. The number of halogens is 1. The Bertz CT molecular complexity index is 1420. The number of aromatic nitrogens is 4. The Morgan fingerprint density at radius 3 is 2.54 bits per heavy atom. The SMILES string of the molecule is CC.COc1cc(/C=C2\CCCn3c(-c4ccc(F)cc4)cc(=O)nc32)ccc1-n1cnc(C)c1. The Morgan fingerprint density at radius 1 is 1.09 bits per heavy atom. The molecule has 2 aromatic heterocycles. The first-order valence-corrected chi connectivity index (χ1v) is 11.8. The molecule has 1 aliphatic rings. The lowest BCUT2D eigenvalue weighted by molar-refractivity contribution is 0.413. The lowest BCUT2D eigenvalue weighted by Gasteiger charge is -2.24. The molecule has 0 radical (unpaired) electrons. The lowest BCUT2D eigenvalue weighted by Crippen LogP contribution is -2.22. The third-order valence-corrected chi connectivity index (χ3v) is 5.81. The van der Waals surface area contributed by atoms with Gasteiger partial charge in [-0.3, -0.25) is 4.79 Å². The normalized spacial score (nSPS) is 13.7. The molecule has 0 bridgehead atoms. The van der Waals surface area contributed by atoms with E-state index in [0.29, 0.717) is 5.82 Å². The monoisotopic (exact) mass is 472 g/mol. The summed E-state index contributed by atoms with van der Waals surface area (Å²) in [5.41, 5.74) is 5.00. The van der Waals surface area contributed by atoms with Crippen molar-refractivity contribution in [3.8, 4) is 22.7 Å². The molecule has 0 fully saturated rings. The van der Waals surface area contributed by atoms with E-state index in [2.05, 4.69) is 16.0 Å². The second-order valence-electron chi connectivity index (χ2n) is 8.09. The molecule has 35 heavy (non-hydrogen) atoms. The van der Waals surface area contributed by atoms with Crippen LogP contribution in [0.5, 0.6) is 5.75 Å². The molecule has 1 aliphatic heterocycles. The quantitative estimate of drug-likeness (QED) is 0.370. The second-order valence-corrected chi connectivity index (χ2v) is 8.09. The van der Waals surface area contributed by atoms with E-state index in [0.717, 1.165) is 58.9 Å². The summed E-state index contributed by atoms with van der Waals surface area (Å²) in [4.78, 5) is 21.1. The van der Waals surface area contributed by atoms with Gasteiger partial charge in [0, 0.05) is 18.8 Å². The van der Waals surface area contributed by atoms with E-state index in [1.165, 1.54) is 18.2 Å². The number of aryl methyl sites for hydroxylation is 1. The lowest BCUT2D eigenvalue weighted by atomic mass is 10.00. The summed E-state index contributed by atoms with van der Waals surface area (Å²) in [6.45, 7) is 6.69. The van der Waals surface area contributed by atoms with Crippen LogP contribution in [0, 0.1) is 12.7 Å². The molecule has 4 aromatic rings. The third kappa shape index (κ3) is 5.09. The molecule has 0 aliphatic carbocycles. The molecule has 0 N–H and O–H groups in total. The van der Waals surface area contributed by atoms with Crippen LogP contribution >= 0.6 is 0 Å². The summed E-state index contributed by atoms with van der Waals surface area (Å²) in [6.07, 6.45) is 7.49. The molecule has 0 saturated carbocycles. The number of nitrogens with zero attached hydrogens (tertiary/aromatic N) is 4. The van der Waals surface area contributed by atoms with Crippen molar-refractivity contribution in [3.63, 3.8) is 0 Å². The smallest absolute Gasteiger partial charge is 0.273 e. The largest absolute Gasteiger partial charge is 0.495 e. The zero-order chi connectivity index (χ0) is 24.9. The highest BCUT2D eigenvalue weighted by Gasteiger charge is 2.19. The predicted octanol–water partition coefficient (Wildman–Crippen LogP) is 5.91. The van der Waals surface area contributed by atoms with Crippen LogP contribution in [0.1, 0.15) is 43.8 Å². The van der Waals surface area contributed by atoms with Crippen molar-refractivity contribution in [1.29, 1.82) is 0 Å². The highest BCUT2D eigenvalue weighted by atomic mass is 19.1. The minimum atomic E-state index is -0.309. The number of imidazole rings is 1. The molecular weight excluding hydrogens is 443 g/mol. The van der Waals surface area contributed by atoms with Gasteiger partial charge in [-0.1, -0.05) is 19.9 Å². The molecule has 2 aromatic carbocycles. The molecule has 0 spiro atoms. The number of allylic oxidation sites excluding steroid dienone is 1.